The molecule has 0 N–H and O–H groups in total. The van der Waals surface area contributed by atoms with Crippen molar-refractivity contribution in [2.24, 2.45) is 0 Å². The molecule has 1 aromatic carbocycles. The van der Waals surface area contributed by atoms with Crippen LogP contribution in [0.5, 0.6) is 5.75 Å². The van der Waals surface area contributed by atoms with Gasteiger partial charge in [0.15, 0.2) is 0 Å². The first kappa shape index (κ1) is 9.53. The Morgan fingerprint density at radius 2 is 1.79 bits per heavy atom. The molecular weight excluding hydrogens is 176 g/mol. The number of ether oxygens (including phenoxy) is 2. The molecule has 0 aromatic heterocycles. The highest BCUT2D eigenvalue weighted by Gasteiger charge is 2.35. The topological polar surface area (TPSA) is 21.8 Å². The van der Waals surface area contributed by atoms with Crippen LogP contribution in [0.3, 0.4) is 0 Å². The van der Waals surface area contributed by atoms with E-state index >= 15 is 0 Å². The zero-order chi connectivity index (χ0) is 10.1. The standard InChI is InChI=1S/C12H16O2/c1-8(2)13-11-6-4-10(5-7-11)12-9(3)14-12/h4-9,12H,1-3H3. The quantitative estimate of drug-likeness (QED) is 0.687. The van der Waals surface area contributed by atoms with Crippen LogP contribution in [0.1, 0.15) is 32.4 Å². The molecule has 0 spiro atoms. The summed E-state index contributed by atoms with van der Waals surface area (Å²) in [6, 6.07) is 8.16. The molecule has 1 saturated heterocycles. The predicted octanol–water partition coefficient (Wildman–Crippen LogP) is 2.93. The molecule has 0 amide bonds. The largest absolute Gasteiger partial charge is 0.491 e. The second-order valence-corrected chi connectivity index (χ2v) is 4.00. The van der Waals surface area contributed by atoms with Gasteiger partial charge in [0.2, 0.25) is 0 Å². The monoisotopic (exact) mass is 192 g/mol. The van der Waals surface area contributed by atoms with Crippen molar-refractivity contribution in [1.29, 1.82) is 0 Å². The lowest BCUT2D eigenvalue weighted by Gasteiger charge is -2.09. The van der Waals surface area contributed by atoms with Gasteiger partial charge in [-0.1, -0.05) is 12.1 Å². The molecule has 0 aliphatic carbocycles. The lowest BCUT2D eigenvalue weighted by Crippen LogP contribution is -2.05. The second-order valence-electron chi connectivity index (χ2n) is 4.00. The fourth-order valence-electron chi connectivity index (χ4n) is 1.54. The van der Waals surface area contributed by atoms with Gasteiger partial charge in [0.25, 0.3) is 0 Å². The molecule has 2 atom stereocenters. The van der Waals surface area contributed by atoms with Crippen LogP contribution in [0.15, 0.2) is 24.3 Å². The van der Waals surface area contributed by atoms with Crippen LogP contribution in [0, 0.1) is 0 Å². The number of hydrogen-bond acceptors (Lipinski definition) is 2. The number of rotatable bonds is 3. The van der Waals surface area contributed by atoms with Crippen LogP contribution in [-0.4, -0.2) is 12.2 Å². The Hall–Kier alpha value is -1.02. The minimum Gasteiger partial charge on any atom is -0.491 e. The van der Waals surface area contributed by atoms with E-state index in [0.29, 0.717) is 12.2 Å². The number of hydrogen-bond donors (Lipinski definition) is 0. The SMILES string of the molecule is CC(C)Oc1ccc(C2OC2C)cc1. The molecule has 1 aliphatic heterocycles. The van der Waals surface area contributed by atoms with E-state index < -0.39 is 0 Å². The maximum absolute atomic E-state index is 5.56. The van der Waals surface area contributed by atoms with Crippen molar-refractivity contribution in [1.82, 2.24) is 0 Å². The first-order chi connectivity index (χ1) is 6.66. The molecule has 1 fully saturated rings. The minimum absolute atomic E-state index is 0.233. The molecular formula is C12H16O2. The Balaban J connectivity index is 2.03. The molecule has 0 radical (unpaired) electrons. The van der Waals surface area contributed by atoms with Gasteiger partial charge in [-0.3, -0.25) is 0 Å². The van der Waals surface area contributed by atoms with Crippen LogP contribution >= 0.6 is 0 Å². The van der Waals surface area contributed by atoms with Gasteiger partial charge in [-0.2, -0.15) is 0 Å². The van der Waals surface area contributed by atoms with Gasteiger partial charge in [-0.25, -0.2) is 0 Å². The highest BCUT2D eigenvalue weighted by Crippen LogP contribution is 2.38. The Kier molecular flexibility index (Phi) is 2.46. The first-order valence-corrected chi connectivity index (χ1v) is 5.09. The lowest BCUT2D eigenvalue weighted by atomic mass is 10.1. The van der Waals surface area contributed by atoms with Crippen LogP contribution in [-0.2, 0) is 4.74 Å². The highest BCUT2D eigenvalue weighted by molar-refractivity contribution is 5.30. The van der Waals surface area contributed by atoms with Crippen LogP contribution in [0.25, 0.3) is 0 Å². The molecule has 0 bridgehead atoms. The van der Waals surface area contributed by atoms with Crippen molar-refractivity contribution >= 4 is 0 Å². The van der Waals surface area contributed by atoms with E-state index in [9.17, 15) is 0 Å². The van der Waals surface area contributed by atoms with Crippen molar-refractivity contribution < 1.29 is 9.47 Å². The van der Waals surface area contributed by atoms with E-state index in [2.05, 4.69) is 19.1 Å². The summed E-state index contributed by atoms with van der Waals surface area (Å²) < 4.78 is 10.9. The molecule has 1 aromatic rings. The van der Waals surface area contributed by atoms with E-state index in [1.54, 1.807) is 0 Å². The van der Waals surface area contributed by atoms with Gasteiger partial charge in [0.1, 0.15) is 11.9 Å². The van der Waals surface area contributed by atoms with Gasteiger partial charge in [-0.15, -0.1) is 0 Å². The third kappa shape index (κ3) is 2.07. The smallest absolute Gasteiger partial charge is 0.119 e. The molecule has 14 heavy (non-hydrogen) atoms. The zero-order valence-electron chi connectivity index (χ0n) is 8.86. The molecule has 76 valence electrons. The second kappa shape index (κ2) is 3.62. The molecule has 1 aliphatic rings. The van der Waals surface area contributed by atoms with Gasteiger partial charge in [-0.05, 0) is 38.5 Å². The van der Waals surface area contributed by atoms with E-state index in [1.807, 2.05) is 26.0 Å². The van der Waals surface area contributed by atoms with Crippen molar-refractivity contribution in [3.63, 3.8) is 0 Å². The average molecular weight is 192 g/mol. The molecule has 2 rings (SSSR count). The maximum Gasteiger partial charge on any atom is 0.119 e. The summed E-state index contributed by atoms with van der Waals surface area (Å²) in [6.07, 6.45) is 0.923. The van der Waals surface area contributed by atoms with E-state index in [4.69, 9.17) is 9.47 Å². The third-order valence-electron chi connectivity index (χ3n) is 2.29. The summed E-state index contributed by atoms with van der Waals surface area (Å²) in [5.74, 6) is 0.928. The Morgan fingerprint density at radius 1 is 1.21 bits per heavy atom. The summed E-state index contributed by atoms with van der Waals surface area (Å²) in [4.78, 5) is 0. The molecule has 1 heterocycles. The Morgan fingerprint density at radius 3 is 2.21 bits per heavy atom. The third-order valence-corrected chi connectivity index (χ3v) is 2.29. The van der Waals surface area contributed by atoms with E-state index in [0.717, 1.165) is 5.75 Å². The Labute approximate surface area is 84.8 Å². The van der Waals surface area contributed by atoms with Crippen molar-refractivity contribution in [2.45, 2.75) is 39.1 Å². The first-order valence-electron chi connectivity index (χ1n) is 5.09. The van der Waals surface area contributed by atoms with Gasteiger partial charge in [0, 0.05) is 0 Å². The normalized spacial score (nSPS) is 25.1. The van der Waals surface area contributed by atoms with Crippen LogP contribution in [0.2, 0.25) is 0 Å². The number of benzene rings is 1. The van der Waals surface area contributed by atoms with Gasteiger partial charge >= 0.3 is 0 Å². The molecule has 2 unspecified atom stereocenters. The van der Waals surface area contributed by atoms with Crippen LogP contribution < -0.4 is 4.74 Å². The fraction of sp³-hybridized carbons (Fsp3) is 0.500. The summed E-state index contributed by atoms with van der Waals surface area (Å²) in [7, 11) is 0. The summed E-state index contributed by atoms with van der Waals surface area (Å²) in [6.45, 7) is 6.14. The van der Waals surface area contributed by atoms with Crippen molar-refractivity contribution in [2.75, 3.05) is 0 Å². The average Bonchev–Trinajstić information content (AvgIpc) is 2.83. The van der Waals surface area contributed by atoms with Crippen molar-refractivity contribution in [3.8, 4) is 5.75 Å². The predicted molar refractivity (Wildman–Crippen MR) is 55.5 cm³/mol. The maximum atomic E-state index is 5.56. The van der Waals surface area contributed by atoms with Crippen LogP contribution in [0.4, 0.5) is 0 Å². The number of epoxide rings is 1. The minimum atomic E-state index is 0.233. The van der Waals surface area contributed by atoms with E-state index in [-0.39, 0.29) is 6.10 Å². The molecule has 0 saturated carbocycles. The highest BCUT2D eigenvalue weighted by atomic mass is 16.6. The van der Waals surface area contributed by atoms with Gasteiger partial charge in [0.05, 0.1) is 12.2 Å². The summed E-state index contributed by atoms with van der Waals surface area (Å²) in [5, 5.41) is 0. The van der Waals surface area contributed by atoms with E-state index in [1.165, 1.54) is 5.56 Å². The lowest BCUT2D eigenvalue weighted by molar-refractivity contribution is 0.242. The summed E-state index contributed by atoms with van der Waals surface area (Å²) in [5.41, 5.74) is 1.24. The molecule has 2 heteroatoms. The Bertz CT molecular complexity index is 303. The zero-order valence-corrected chi connectivity index (χ0v) is 8.86. The fourth-order valence-corrected chi connectivity index (χ4v) is 1.54. The summed E-state index contributed by atoms with van der Waals surface area (Å²) >= 11 is 0. The van der Waals surface area contributed by atoms with Gasteiger partial charge < -0.3 is 9.47 Å². The van der Waals surface area contributed by atoms with Crippen molar-refractivity contribution in [3.05, 3.63) is 29.8 Å². The molecule has 2 nitrogen and oxygen atoms in total.